The van der Waals surface area contributed by atoms with E-state index in [1.165, 1.54) is 24.0 Å². The number of aliphatic hydroxyl groups excluding tert-OH is 1. The molecule has 3 aromatic rings. The zero-order valence-electron chi connectivity index (χ0n) is 21.0. The molecule has 0 radical (unpaired) electrons. The molecule has 1 aliphatic heterocycles. The standard InChI is InChI=1S/C26H27ClN4O7S/c1-26(38-17-33,25(35)30(12-13-32)16-18-6-9-28-10-7-18)31-11-8-23(24(31)34)29-39(36,37)22-5-3-19-14-21(27)4-2-20(19)15-22/h2-7,9-10,14-15,17,23,29,32H,8,11-13,16H2,1H3/t23-,26-/m0/s1. The Labute approximate surface area is 230 Å². The van der Waals surface area contributed by atoms with Gasteiger partial charge in [-0.3, -0.25) is 24.3 Å². The van der Waals surface area contributed by atoms with Crippen molar-refractivity contribution in [1.82, 2.24) is 19.5 Å². The SMILES string of the molecule is C[C@](OC=O)(C(=O)N(CCO)Cc1ccncc1)N1CC[C@H](NS(=O)(=O)c2ccc3cc(Cl)ccc3c2)C1=O. The number of halogens is 1. The van der Waals surface area contributed by atoms with Crippen LogP contribution in [-0.2, 0) is 35.7 Å². The summed E-state index contributed by atoms with van der Waals surface area (Å²) in [5, 5.41) is 11.5. The molecule has 0 spiro atoms. The molecule has 2 N–H and O–H groups in total. The fourth-order valence-electron chi connectivity index (χ4n) is 4.53. The Bertz CT molecular complexity index is 1490. The molecule has 0 saturated carbocycles. The Balaban J connectivity index is 1.55. The first-order valence-electron chi connectivity index (χ1n) is 12.0. The number of nitrogens with one attached hydrogen (secondary N) is 1. The fourth-order valence-corrected chi connectivity index (χ4v) is 5.97. The van der Waals surface area contributed by atoms with Gasteiger partial charge in [0.25, 0.3) is 18.1 Å². The number of likely N-dealkylation sites (tertiary alicyclic amines) is 1. The normalized spacial score (nSPS) is 17.2. The number of ether oxygens (including phenoxy) is 1. The molecule has 39 heavy (non-hydrogen) atoms. The van der Waals surface area contributed by atoms with Crippen LogP contribution in [0.4, 0.5) is 0 Å². The first kappa shape index (κ1) is 28.4. The lowest BCUT2D eigenvalue weighted by Crippen LogP contribution is -2.61. The molecule has 1 saturated heterocycles. The van der Waals surface area contributed by atoms with Crippen LogP contribution in [0.15, 0.2) is 65.8 Å². The topological polar surface area (TPSA) is 146 Å². The number of rotatable bonds is 11. The average molecular weight is 575 g/mol. The number of fused-ring (bicyclic) bond motifs is 1. The number of carbonyl (C=O) groups excluding carboxylic acids is 3. The summed E-state index contributed by atoms with van der Waals surface area (Å²) in [6.45, 7) is 0.871. The van der Waals surface area contributed by atoms with Gasteiger partial charge in [-0.2, -0.15) is 4.72 Å². The van der Waals surface area contributed by atoms with Crippen LogP contribution >= 0.6 is 11.6 Å². The molecule has 2 aromatic carbocycles. The zero-order chi connectivity index (χ0) is 28.2. The van der Waals surface area contributed by atoms with Crippen LogP contribution < -0.4 is 4.72 Å². The van der Waals surface area contributed by atoms with Gasteiger partial charge in [0.15, 0.2) is 0 Å². The molecule has 13 heteroatoms. The summed E-state index contributed by atoms with van der Waals surface area (Å²) < 4.78 is 33.9. The molecule has 0 aliphatic carbocycles. The third-order valence-electron chi connectivity index (χ3n) is 6.56. The van der Waals surface area contributed by atoms with Gasteiger partial charge in [0.2, 0.25) is 15.9 Å². The Morgan fingerprint density at radius 3 is 2.62 bits per heavy atom. The number of carbonyl (C=O) groups is 3. The molecule has 1 fully saturated rings. The number of aromatic nitrogens is 1. The number of amides is 2. The van der Waals surface area contributed by atoms with Crippen molar-refractivity contribution in [3.8, 4) is 0 Å². The molecule has 4 rings (SSSR count). The Morgan fingerprint density at radius 1 is 1.23 bits per heavy atom. The van der Waals surface area contributed by atoms with E-state index in [0.717, 1.165) is 10.3 Å². The van der Waals surface area contributed by atoms with Crippen LogP contribution in [0.25, 0.3) is 10.8 Å². The van der Waals surface area contributed by atoms with Crippen LogP contribution in [0.2, 0.25) is 5.02 Å². The van der Waals surface area contributed by atoms with Crippen LogP contribution in [-0.4, -0.2) is 78.1 Å². The van der Waals surface area contributed by atoms with Crippen LogP contribution in [0, 0.1) is 0 Å². The Kier molecular flexibility index (Phi) is 8.50. The summed E-state index contributed by atoms with van der Waals surface area (Å²) >= 11 is 6.00. The number of pyridine rings is 1. The zero-order valence-corrected chi connectivity index (χ0v) is 22.6. The highest BCUT2D eigenvalue weighted by Gasteiger charge is 2.51. The number of nitrogens with zero attached hydrogens (tertiary/aromatic N) is 3. The number of benzene rings is 2. The highest BCUT2D eigenvalue weighted by atomic mass is 35.5. The Morgan fingerprint density at radius 2 is 1.92 bits per heavy atom. The van der Waals surface area contributed by atoms with Crippen molar-refractivity contribution in [3.63, 3.8) is 0 Å². The lowest BCUT2D eigenvalue weighted by Gasteiger charge is -2.39. The van der Waals surface area contributed by atoms with E-state index < -0.39 is 33.6 Å². The van der Waals surface area contributed by atoms with E-state index >= 15 is 0 Å². The van der Waals surface area contributed by atoms with Gasteiger partial charge in [-0.15, -0.1) is 0 Å². The average Bonchev–Trinajstić information content (AvgIpc) is 3.28. The molecule has 2 heterocycles. The molecular formula is C26H27ClN4O7S. The van der Waals surface area contributed by atoms with Crippen molar-refractivity contribution in [3.05, 3.63) is 71.5 Å². The van der Waals surface area contributed by atoms with Crippen LogP contribution in [0.5, 0.6) is 0 Å². The molecule has 0 unspecified atom stereocenters. The van der Waals surface area contributed by atoms with E-state index in [1.54, 1.807) is 48.8 Å². The summed E-state index contributed by atoms with van der Waals surface area (Å²) in [4.78, 5) is 44.6. The van der Waals surface area contributed by atoms with Crippen molar-refractivity contribution < 1.29 is 32.6 Å². The second-order valence-electron chi connectivity index (χ2n) is 9.11. The van der Waals surface area contributed by atoms with E-state index in [-0.39, 0.29) is 44.0 Å². The minimum Gasteiger partial charge on any atom is -0.432 e. The van der Waals surface area contributed by atoms with Gasteiger partial charge in [0.05, 0.1) is 11.5 Å². The van der Waals surface area contributed by atoms with Crippen molar-refractivity contribution in [1.29, 1.82) is 0 Å². The molecule has 11 nitrogen and oxygen atoms in total. The third kappa shape index (κ3) is 6.04. The van der Waals surface area contributed by atoms with Gasteiger partial charge < -0.3 is 14.7 Å². The minimum absolute atomic E-state index is 0.0384. The van der Waals surface area contributed by atoms with Crippen molar-refractivity contribution in [2.24, 2.45) is 0 Å². The molecule has 2 amide bonds. The van der Waals surface area contributed by atoms with E-state index in [2.05, 4.69) is 9.71 Å². The van der Waals surface area contributed by atoms with Crippen molar-refractivity contribution in [2.45, 2.75) is 36.6 Å². The summed E-state index contributed by atoms with van der Waals surface area (Å²) in [5.74, 6) is -1.47. The molecule has 1 aliphatic rings. The van der Waals surface area contributed by atoms with Crippen molar-refractivity contribution >= 4 is 50.7 Å². The van der Waals surface area contributed by atoms with Crippen LogP contribution in [0.3, 0.4) is 0 Å². The Hall–Kier alpha value is -3.58. The van der Waals surface area contributed by atoms with Gasteiger partial charge in [-0.1, -0.05) is 23.7 Å². The second-order valence-corrected chi connectivity index (χ2v) is 11.3. The van der Waals surface area contributed by atoms with Crippen molar-refractivity contribution in [2.75, 3.05) is 19.7 Å². The number of hydrogen-bond acceptors (Lipinski definition) is 8. The lowest BCUT2D eigenvalue weighted by atomic mass is 10.1. The first-order valence-corrected chi connectivity index (χ1v) is 13.9. The van der Waals surface area contributed by atoms with E-state index in [4.69, 9.17) is 16.3 Å². The lowest BCUT2D eigenvalue weighted by molar-refractivity contribution is -0.188. The maximum atomic E-state index is 13.6. The molecule has 1 aromatic heterocycles. The summed E-state index contributed by atoms with van der Waals surface area (Å²) in [5.41, 5.74) is -1.36. The predicted octanol–water partition coefficient (Wildman–Crippen LogP) is 1.68. The van der Waals surface area contributed by atoms with E-state index in [0.29, 0.717) is 16.0 Å². The van der Waals surface area contributed by atoms with Gasteiger partial charge in [-0.25, -0.2) is 8.42 Å². The van der Waals surface area contributed by atoms with E-state index in [1.807, 2.05) is 0 Å². The minimum atomic E-state index is -4.12. The highest BCUT2D eigenvalue weighted by molar-refractivity contribution is 7.89. The third-order valence-corrected chi connectivity index (χ3v) is 8.26. The maximum Gasteiger partial charge on any atom is 0.295 e. The van der Waals surface area contributed by atoms with Gasteiger partial charge >= 0.3 is 0 Å². The summed E-state index contributed by atoms with van der Waals surface area (Å²) in [6, 6.07) is 11.7. The molecule has 2 atom stereocenters. The first-order chi connectivity index (χ1) is 18.6. The molecule has 206 valence electrons. The second kappa shape index (κ2) is 11.7. The largest absolute Gasteiger partial charge is 0.432 e. The van der Waals surface area contributed by atoms with Gasteiger partial charge in [0, 0.05) is 44.0 Å². The monoisotopic (exact) mass is 574 g/mol. The number of sulfonamides is 1. The molecular weight excluding hydrogens is 548 g/mol. The highest BCUT2D eigenvalue weighted by Crippen LogP contribution is 2.28. The van der Waals surface area contributed by atoms with E-state index in [9.17, 15) is 27.9 Å². The van der Waals surface area contributed by atoms with Crippen LogP contribution in [0.1, 0.15) is 18.9 Å². The fraction of sp³-hybridized carbons (Fsp3) is 0.308. The quantitative estimate of drug-likeness (QED) is 0.329. The number of aliphatic hydroxyl groups is 1. The number of hydrogen-bond donors (Lipinski definition) is 2. The summed E-state index contributed by atoms with van der Waals surface area (Å²) in [6.07, 6.45) is 3.13. The smallest absolute Gasteiger partial charge is 0.295 e. The predicted molar refractivity (Wildman–Crippen MR) is 142 cm³/mol. The molecule has 0 bridgehead atoms. The van der Waals surface area contributed by atoms with Gasteiger partial charge in [-0.05, 0) is 59.2 Å². The van der Waals surface area contributed by atoms with Gasteiger partial charge in [0.1, 0.15) is 6.04 Å². The summed E-state index contributed by atoms with van der Waals surface area (Å²) in [7, 11) is -4.12. The maximum absolute atomic E-state index is 13.6.